The van der Waals surface area contributed by atoms with Gasteiger partial charge in [-0.15, -0.1) is 0 Å². The molecule has 0 saturated carbocycles. The summed E-state index contributed by atoms with van der Waals surface area (Å²) in [5.41, 5.74) is 1.83. The molecule has 1 aliphatic rings. The van der Waals surface area contributed by atoms with Crippen LogP contribution in [0.15, 0.2) is 18.2 Å². The SMILES string of the molecule is CCCCNC(=O)COc1ccc2c(c1)CCCC2=O. The molecule has 0 bridgehead atoms. The Morgan fingerprint density at radius 1 is 1.35 bits per heavy atom. The monoisotopic (exact) mass is 275 g/mol. The fraction of sp³-hybridized carbons (Fsp3) is 0.500. The Bertz CT molecular complexity index is 496. The van der Waals surface area contributed by atoms with Gasteiger partial charge in [-0.3, -0.25) is 9.59 Å². The minimum atomic E-state index is -0.104. The number of nitrogens with one attached hydrogen (secondary N) is 1. The first-order valence-electron chi connectivity index (χ1n) is 7.26. The molecule has 0 saturated heterocycles. The van der Waals surface area contributed by atoms with E-state index in [-0.39, 0.29) is 18.3 Å². The predicted molar refractivity (Wildman–Crippen MR) is 77.1 cm³/mol. The number of ether oxygens (including phenoxy) is 1. The number of hydrogen-bond acceptors (Lipinski definition) is 3. The van der Waals surface area contributed by atoms with E-state index in [9.17, 15) is 9.59 Å². The molecule has 0 atom stereocenters. The van der Waals surface area contributed by atoms with E-state index in [4.69, 9.17) is 4.74 Å². The van der Waals surface area contributed by atoms with E-state index in [0.29, 0.717) is 18.7 Å². The van der Waals surface area contributed by atoms with Crippen LogP contribution in [0.25, 0.3) is 0 Å². The van der Waals surface area contributed by atoms with E-state index in [2.05, 4.69) is 12.2 Å². The first-order valence-corrected chi connectivity index (χ1v) is 7.26. The van der Waals surface area contributed by atoms with Crippen LogP contribution in [0.2, 0.25) is 0 Å². The predicted octanol–water partition coefficient (Wildman–Crippen LogP) is 2.50. The molecule has 108 valence electrons. The molecule has 0 aliphatic heterocycles. The lowest BCUT2D eigenvalue weighted by atomic mass is 9.91. The smallest absolute Gasteiger partial charge is 0.257 e. The molecule has 4 nitrogen and oxygen atoms in total. The lowest BCUT2D eigenvalue weighted by Gasteiger charge is -2.15. The second-order valence-electron chi connectivity index (χ2n) is 5.09. The van der Waals surface area contributed by atoms with Gasteiger partial charge in [0.2, 0.25) is 0 Å². The molecule has 0 heterocycles. The Labute approximate surface area is 119 Å². The van der Waals surface area contributed by atoms with Crippen LogP contribution in [0.1, 0.15) is 48.5 Å². The summed E-state index contributed by atoms with van der Waals surface area (Å²) in [6.45, 7) is 2.80. The van der Waals surface area contributed by atoms with Gasteiger partial charge >= 0.3 is 0 Å². The maximum atomic E-state index is 11.7. The van der Waals surface area contributed by atoms with Gasteiger partial charge in [0.15, 0.2) is 12.4 Å². The summed E-state index contributed by atoms with van der Waals surface area (Å²) in [6.07, 6.45) is 4.47. The van der Waals surface area contributed by atoms with Gasteiger partial charge in [0.05, 0.1) is 0 Å². The van der Waals surface area contributed by atoms with Crippen LogP contribution in [-0.2, 0) is 11.2 Å². The highest BCUT2D eigenvalue weighted by atomic mass is 16.5. The highest BCUT2D eigenvalue weighted by Crippen LogP contribution is 2.25. The molecule has 1 aliphatic carbocycles. The maximum Gasteiger partial charge on any atom is 0.257 e. The van der Waals surface area contributed by atoms with Crippen LogP contribution in [0.3, 0.4) is 0 Å². The van der Waals surface area contributed by atoms with E-state index in [1.165, 1.54) is 0 Å². The van der Waals surface area contributed by atoms with Crippen molar-refractivity contribution in [1.29, 1.82) is 0 Å². The number of fused-ring (bicyclic) bond motifs is 1. The third-order valence-electron chi connectivity index (χ3n) is 3.45. The third kappa shape index (κ3) is 3.83. The Morgan fingerprint density at radius 3 is 3.00 bits per heavy atom. The zero-order chi connectivity index (χ0) is 14.4. The Hall–Kier alpha value is -1.84. The number of aryl methyl sites for hydroxylation is 1. The number of hydrogen-bond donors (Lipinski definition) is 1. The van der Waals surface area contributed by atoms with Gasteiger partial charge < -0.3 is 10.1 Å². The van der Waals surface area contributed by atoms with Gasteiger partial charge in [-0.05, 0) is 43.0 Å². The highest BCUT2D eigenvalue weighted by Gasteiger charge is 2.17. The molecule has 0 fully saturated rings. The maximum absolute atomic E-state index is 11.7. The molecular formula is C16H21NO3. The summed E-state index contributed by atoms with van der Waals surface area (Å²) in [6, 6.07) is 5.45. The van der Waals surface area contributed by atoms with Gasteiger partial charge in [0, 0.05) is 18.5 Å². The topological polar surface area (TPSA) is 55.4 Å². The van der Waals surface area contributed by atoms with Crippen molar-refractivity contribution in [2.75, 3.05) is 13.2 Å². The number of Topliss-reactive ketones (excluding diaryl/α,β-unsaturated/α-hetero) is 1. The number of ketones is 1. The summed E-state index contributed by atoms with van der Waals surface area (Å²) in [4.78, 5) is 23.2. The van der Waals surface area contributed by atoms with Crippen molar-refractivity contribution in [1.82, 2.24) is 5.32 Å². The minimum absolute atomic E-state index is 0.0243. The number of unbranched alkanes of at least 4 members (excludes halogenated alkanes) is 1. The standard InChI is InChI=1S/C16H21NO3/c1-2-3-9-17-16(19)11-20-13-7-8-14-12(10-13)5-4-6-15(14)18/h7-8,10H,2-6,9,11H2,1H3,(H,17,19). The van der Waals surface area contributed by atoms with E-state index in [1.54, 1.807) is 12.1 Å². The summed E-state index contributed by atoms with van der Waals surface area (Å²) >= 11 is 0. The normalized spacial score (nSPS) is 13.8. The van der Waals surface area contributed by atoms with Crippen molar-refractivity contribution in [3.05, 3.63) is 29.3 Å². The van der Waals surface area contributed by atoms with E-state index >= 15 is 0 Å². The Kier molecular flexibility index (Phi) is 5.16. The second kappa shape index (κ2) is 7.08. The van der Waals surface area contributed by atoms with Crippen molar-refractivity contribution in [3.63, 3.8) is 0 Å². The van der Waals surface area contributed by atoms with Gasteiger partial charge in [-0.1, -0.05) is 13.3 Å². The van der Waals surface area contributed by atoms with Crippen LogP contribution >= 0.6 is 0 Å². The van der Waals surface area contributed by atoms with Crippen LogP contribution in [0, 0.1) is 0 Å². The number of carbonyl (C=O) groups is 2. The summed E-state index contributed by atoms with van der Waals surface area (Å²) < 4.78 is 5.48. The first-order chi connectivity index (χ1) is 9.70. The number of benzene rings is 1. The second-order valence-corrected chi connectivity index (χ2v) is 5.09. The van der Waals surface area contributed by atoms with Crippen LogP contribution in [-0.4, -0.2) is 24.8 Å². The molecule has 0 radical (unpaired) electrons. The number of rotatable bonds is 6. The number of carbonyl (C=O) groups excluding carboxylic acids is 2. The lowest BCUT2D eigenvalue weighted by Crippen LogP contribution is -2.29. The minimum Gasteiger partial charge on any atom is -0.484 e. The summed E-state index contributed by atoms with van der Waals surface area (Å²) in [5.74, 6) is 0.756. The zero-order valence-corrected chi connectivity index (χ0v) is 11.9. The van der Waals surface area contributed by atoms with Gasteiger partial charge in [0.1, 0.15) is 5.75 Å². The third-order valence-corrected chi connectivity index (χ3v) is 3.45. The molecule has 1 amide bonds. The average Bonchev–Trinajstić information content (AvgIpc) is 2.45. The molecule has 4 heteroatoms. The van der Waals surface area contributed by atoms with Gasteiger partial charge in [-0.2, -0.15) is 0 Å². The number of amides is 1. The molecule has 0 aromatic heterocycles. The largest absolute Gasteiger partial charge is 0.484 e. The van der Waals surface area contributed by atoms with E-state index in [0.717, 1.165) is 36.8 Å². The fourth-order valence-electron chi connectivity index (χ4n) is 2.32. The van der Waals surface area contributed by atoms with E-state index in [1.807, 2.05) is 6.07 Å². The molecule has 2 rings (SSSR count). The van der Waals surface area contributed by atoms with Crippen molar-refractivity contribution >= 4 is 11.7 Å². The average molecular weight is 275 g/mol. The Balaban J connectivity index is 1.87. The summed E-state index contributed by atoms with van der Waals surface area (Å²) in [5, 5.41) is 2.81. The molecule has 1 aromatic carbocycles. The molecule has 1 aromatic rings. The van der Waals surface area contributed by atoms with Crippen molar-refractivity contribution in [2.24, 2.45) is 0 Å². The fourth-order valence-corrected chi connectivity index (χ4v) is 2.32. The summed E-state index contributed by atoms with van der Waals surface area (Å²) in [7, 11) is 0. The van der Waals surface area contributed by atoms with Gasteiger partial charge in [-0.25, -0.2) is 0 Å². The van der Waals surface area contributed by atoms with Crippen LogP contribution < -0.4 is 10.1 Å². The molecule has 20 heavy (non-hydrogen) atoms. The Morgan fingerprint density at radius 2 is 2.20 bits per heavy atom. The first kappa shape index (κ1) is 14.6. The lowest BCUT2D eigenvalue weighted by molar-refractivity contribution is -0.123. The van der Waals surface area contributed by atoms with E-state index < -0.39 is 0 Å². The molecule has 1 N–H and O–H groups in total. The van der Waals surface area contributed by atoms with Crippen molar-refractivity contribution < 1.29 is 14.3 Å². The molecule has 0 spiro atoms. The highest BCUT2D eigenvalue weighted by molar-refractivity contribution is 5.98. The van der Waals surface area contributed by atoms with Gasteiger partial charge in [0.25, 0.3) is 5.91 Å². The van der Waals surface area contributed by atoms with Crippen molar-refractivity contribution in [3.8, 4) is 5.75 Å². The quantitative estimate of drug-likeness (QED) is 0.812. The van der Waals surface area contributed by atoms with Crippen LogP contribution in [0.4, 0.5) is 0 Å². The zero-order valence-electron chi connectivity index (χ0n) is 11.9. The van der Waals surface area contributed by atoms with Crippen molar-refractivity contribution in [2.45, 2.75) is 39.0 Å². The molecule has 0 unspecified atom stereocenters. The van der Waals surface area contributed by atoms with Crippen LogP contribution in [0.5, 0.6) is 5.75 Å². The molecular weight excluding hydrogens is 254 g/mol.